The summed E-state index contributed by atoms with van der Waals surface area (Å²) < 4.78 is 6.59. The monoisotopic (exact) mass is 314 g/mol. The Kier molecular flexibility index (Phi) is 5.71. The van der Waals surface area contributed by atoms with Gasteiger partial charge in [0.1, 0.15) is 0 Å². The predicted octanol–water partition coefficient (Wildman–Crippen LogP) is 1.45. The van der Waals surface area contributed by atoms with Crippen molar-refractivity contribution in [3.8, 4) is 0 Å². The van der Waals surface area contributed by atoms with Crippen molar-refractivity contribution in [1.29, 1.82) is 0 Å². The van der Waals surface area contributed by atoms with Gasteiger partial charge in [0.2, 0.25) is 0 Å². The Hall–Kier alpha value is -1.63. The van der Waals surface area contributed by atoms with Crippen molar-refractivity contribution < 1.29 is 14.3 Å². The number of thiazole rings is 1. The number of nitrogens with zero attached hydrogens (tertiary/aromatic N) is 1. The van der Waals surface area contributed by atoms with Crippen molar-refractivity contribution in [2.24, 2.45) is 0 Å². The quantitative estimate of drug-likeness (QED) is 0.835. The molecule has 0 spiro atoms. The van der Waals surface area contributed by atoms with Crippen LogP contribution in [-0.2, 0) is 20.9 Å². The van der Waals surface area contributed by atoms with Crippen LogP contribution in [0.1, 0.15) is 39.8 Å². The second-order valence-corrected chi connectivity index (χ2v) is 6.74. The van der Waals surface area contributed by atoms with Gasteiger partial charge in [0.05, 0.1) is 6.42 Å². The molecule has 1 aromatic rings. The van der Waals surface area contributed by atoms with Crippen LogP contribution in [0, 0.1) is 6.92 Å². The highest BCUT2D eigenvalue weighted by atomic mass is 32.1. The van der Waals surface area contributed by atoms with Crippen LogP contribution >= 0.6 is 11.3 Å². The van der Waals surface area contributed by atoms with Gasteiger partial charge in [0, 0.05) is 23.2 Å². The number of rotatable bonds is 5. The Morgan fingerprint density at radius 2 is 2.05 bits per heavy atom. The van der Waals surface area contributed by atoms with Gasteiger partial charge in [0.15, 0.2) is 6.10 Å². The van der Waals surface area contributed by atoms with Crippen LogP contribution in [0.2, 0.25) is 0 Å². The molecule has 0 aliphatic heterocycles. The molecule has 118 valence electrons. The molecule has 6 nitrogen and oxygen atoms in total. The van der Waals surface area contributed by atoms with Crippen molar-refractivity contribution >= 4 is 23.2 Å². The van der Waals surface area contributed by atoms with E-state index in [1.165, 1.54) is 11.5 Å². The molecule has 7 heteroatoms. The van der Waals surface area contributed by atoms with Gasteiger partial charge in [-0.3, -0.25) is 14.4 Å². The zero-order valence-electron chi connectivity index (χ0n) is 13.1. The Labute approximate surface area is 128 Å². The zero-order valence-corrected chi connectivity index (χ0v) is 13.9. The minimum Gasteiger partial charge on any atom is -0.452 e. The third-order valence-electron chi connectivity index (χ3n) is 2.69. The summed E-state index contributed by atoms with van der Waals surface area (Å²) in [5, 5.41) is 4.49. The van der Waals surface area contributed by atoms with E-state index in [9.17, 15) is 14.4 Å². The van der Waals surface area contributed by atoms with Crippen molar-refractivity contribution in [3.05, 3.63) is 20.7 Å². The minimum absolute atomic E-state index is 0.0601. The topological polar surface area (TPSA) is 77.4 Å². The maximum Gasteiger partial charge on any atom is 0.308 e. The second kappa shape index (κ2) is 6.89. The molecule has 21 heavy (non-hydrogen) atoms. The van der Waals surface area contributed by atoms with Gasteiger partial charge in [0.25, 0.3) is 5.91 Å². The van der Waals surface area contributed by atoms with Crippen LogP contribution in [0.25, 0.3) is 0 Å². The fourth-order valence-corrected chi connectivity index (χ4v) is 2.42. The minimum atomic E-state index is -0.850. The van der Waals surface area contributed by atoms with Crippen LogP contribution in [-0.4, -0.2) is 28.1 Å². The van der Waals surface area contributed by atoms with E-state index in [4.69, 9.17) is 4.74 Å². The number of ether oxygens (including phenoxy) is 1. The number of carbonyl (C=O) groups is 2. The van der Waals surface area contributed by atoms with E-state index in [0.29, 0.717) is 0 Å². The highest BCUT2D eigenvalue weighted by molar-refractivity contribution is 7.07. The average molecular weight is 314 g/mol. The summed E-state index contributed by atoms with van der Waals surface area (Å²) in [5.74, 6) is -0.830. The van der Waals surface area contributed by atoms with Crippen LogP contribution < -0.4 is 10.2 Å². The lowest BCUT2D eigenvalue weighted by atomic mass is 10.1. The van der Waals surface area contributed by atoms with Gasteiger partial charge in [-0.05, 0) is 34.6 Å². The largest absolute Gasteiger partial charge is 0.452 e. The summed E-state index contributed by atoms with van der Waals surface area (Å²) >= 11 is 1.10. The summed E-state index contributed by atoms with van der Waals surface area (Å²) in [6.45, 7) is 9.16. The molecule has 1 unspecified atom stereocenters. The third kappa shape index (κ3) is 5.71. The number of esters is 1. The van der Waals surface area contributed by atoms with Crippen molar-refractivity contribution in [3.63, 3.8) is 0 Å². The SMILES string of the molecule is Cc1csc(=O)n1CCC(=O)OC(C)C(=O)NC(C)(C)C. The van der Waals surface area contributed by atoms with Gasteiger partial charge < -0.3 is 14.6 Å². The van der Waals surface area contributed by atoms with Gasteiger partial charge in [-0.2, -0.15) is 0 Å². The lowest BCUT2D eigenvalue weighted by Crippen LogP contribution is -2.46. The summed E-state index contributed by atoms with van der Waals surface area (Å²) in [7, 11) is 0. The molecule has 0 fully saturated rings. The Bertz CT molecular complexity index is 568. The number of aryl methyl sites for hydroxylation is 1. The first-order valence-electron chi connectivity index (χ1n) is 6.76. The first-order valence-corrected chi connectivity index (χ1v) is 7.64. The van der Waals surface area contributed by atoms with Crippen LogP contribution in [0.4, 0.5) is 0 Å². The third-order valence-corrected chi connectivity index (χ3v) is 3.57. The molecule has 1 aromatic heterocycles. The number of hydrogen-bond acceptors (Lipinski definition) is 5. The van der Waals surface area contributed by atoms with Gasteiger partial charge in [-0.1, -0.05) is 11.3 Å². The van der Waals surface area contributed by atoms with Gasteiger partial charge >= 0.3 is 10.8 Å². The molecule has 1 N–H and O–H groups in total. The number of amides is 1. The summed E-state index contributed by atoms with van der Waals surface area (Å²) in [6.07, 6.45) is -0.790. The van der Waals surface area contributed by atoms with E-state index in [1.54, 1.807) is 5.38 Å². The maximum absolute atomic E-state index is 11.8. The Balaban J connectivity index is 2.47. The second-order valence-electron chi connectivity index (χ2n) is 5.92. The first kappa shape index (κ1) is 17.4. The van der Waals surface area contributed by atoms with Gasteiger partial charge in [-0.15, -0.1) is 0 Å². The van der Waals surface area contributed by atoms with Gasteiger partial charge in [-0.25, -0.2) is 0 Å². The zero-order chi connectivity index (χ0) is 16.2. The van der Waals surface area contributed by atoms with Crippen LogP contribution in [0.5, 0.6) is 0 Å². The smallest absolute Gasteiger partial charge is 0.308 e. The molecule has 1 amide bonds. The molecule has 0 aliphatic rings. The first-order chi connectivity index (χ1) is 9.60. The van der Waals surface area contributed by atoms with Crippen LogP contribution in [0.3, 0.4) is 0 Å². The van der Waals surface area contributed by atoms with E-state index >= 15 is 0 Å². The van der Waals surface area contributed by atoms with E-state index in [0.717, 1.165) is 17.0 Å². The normalized spacial score (nSPS) is 12.8. The lowest BCUT2D eigenvalue weighted by Gasteiger charge is -2.23. The fourth-order valence-electron chi connectivity index (χ4n) is 1.66. The molecule has 0 aromatic carbocycles. The molecule has 1 heterocycles. The number of hydrogen-bond donors (Lipinski definition) is 1. The van der Waals surface area contributed by atoms with Crippen molar-refractivity contribution in [1.82, 2.24) is 9.88 Å². The summed E-state index contributed by atoms with van der Waals surface area (Å²) in [6, 6.07) is 0. The van der Waals surface area contributed by atoms with Crippen LogP contribution in [0.15, 0.2) is 10.2 Å². The Morgan fingerprint density at radius 1 is 1.43 bits per heavy atom. The number of nitrogens with one attached hydrogen (secondary N) is 1. The van der Waals surface area contributed by atoms with Crippen molar-refractivity contribution in [2.75, 3.05) is 0 Å². The highest BCUT2D eigenvalue weighted by Gasteiger charge is 2.22. The van der Waals surface area contributed by atoms with Crippen molar-refractivity contribution in [2.45, 2.75) is 59.2 Å². The summed E-state index contributed by atoms with van der Waals surface area (Å²) in [4.78, 5) is 34.9. The summed E-state index contributed by atoms with van der Waals surface area (Å²) in [5.41, 5.74) is 0.440. The van der Waals surface area contributed by atoms with E-state index in [1.807, 2.05) is 27.7 Å². The molecule has 0 radical (unpaired) electrons. The molecular formula is C14H22N2O4S. The predicted molar refractivity (Wildman–Crippen MR) is 81.4 cm³/mol. The standard InChI is InChI=1S/C14H22N2O4S/c1-9-8-21-13(19)16(9)7-6-11(17)20-10(2)12(18)15-14(3,4)5/h8,10H,6-7H2,1-5H3,(H,15,18). The molecule has 0 bridgehead atoms. The lowest BCUT2D eigenvalue weighted by molar-refractivity contribution is -0.155. The molecule has 1 atom stereocenters. The Morgan fingerprint density at radius 3 is 2.52 bits per heavy atom. The average Bonchev–Trinajstić information content (AvgIpc) is 2.64. The van der Waals surface area contributed by atoms with E-state index in [2.05, 4.69) is 5.32 Å². The van der Waals surface area contributed by atoms with E-state index < -0.39 is 12.1 Å². The molecule has 0 saturated heterocycles. The molecule has 0 saturated carbocycles. The number of carbonyl (C=O) groups excluding carboxylic acids is 2. The maximum atomic E-state index is 11.8. The number of aromatic nitrogens is 1. The molecular weight excluding hydrogens is 292 g/mol. The molecule has 1 rings (SSSR count). The van der Waals surface area contributed by atoms with E-state index in [-0.39, 0.29) is 29.3 Å². The fraction of sp³-hybridized carbons (Fsp3) is 0.643. The molecule has 0 aliphatic carbocycles. The highest BCUT2D eigenvalue weighted by Crippen LogP contribution is 2.04.